The predicted molar refractivity (Wildman–Crippen MR) is 51.9 cm³/mol. The van der Waals surface area contributed by atoms with E-state index in [1.807, 2.05) is 11.8 Å². The molecule has 0 bridgehead atoms. The van der Waals surface area contributed by atoms with Gasteiger partial charge in [-0.05, 0) is 20.2 Å². The molecule has 0 aliphatic carbocycles. The molecule has 1 aliphatic heterocycles. The molecule has 0 aromatic carbocycles. The molecule has 0 radical (unpaired) electrons. The molecular weight excluding hydrogens is 162 g/mol. The van der Waals surface area contributed by atoms with Crippen molar-refractivity contribution in [3.8, 4) is 0 Å². The van der Waals surface area contributed by atoms with Crippen LogP contribution in [0.5, 0.6) is 0 Å². The van der Waals surface area contributed by atoms with Crippen LogP contribution in [0.25, 0.3) is 0 Å². The molecule has 2 atom stereocenters. The Kier molecular flexibility index (Phi) is 3.40. The molecule has 1 fully saturated rings. The Morgan fingerprint density at radius 2 is 2.40 bits per heavy atom. The van der Waals surface area contributed by atoms with Crippen molar-refractivity contribution < 1.29 is 0 Å². The van der Waals surface area contributed by atoms with Crippen LogP contribution in [-0.2, 0) is 0 Å². The maximum Gasteiger partial charge on any atom is 0.0529 e. The Hall–Kier alpha value is 0.660. The first kappa shape index (κ1) is 8.75. The van der Waals surface area contributed by atoms with E-state index in [4.69, 9.17) is 0 Å². The minimum Gasteiger partial charge on any atom is -0.294 e. The Morgan fingerprint density at radius 1 is 1.70 bits per heavy atom. The van der Waals surface area contributed by atoms with Gasteiger partial charge in [-0.1, -0.05) is 0 Å². The topological polar surface area (TPSA) is 3.24 Å². The summed E-state index contributed by atoms with van der Waals surface area (Å²) in [4.78, 5) is 2.42. The molecule has 0 spiro atoms. The lowest BCUT2D eigenvalue weighted by atomic mass is 10.4. The molecule has 1 nitrogen and oxygen atoms in total. The third kappa shape index (κ3) is 2.07. The summed E-state index contributed by atoms with van der Waals surface area (Å²) in [5.74, 6) is 1.30. The molecule has 0 aromatic heterocycles. The SMILES string of the molecule is CSCC1CN(C)C(C)S1. The van der Waals surface area contributed by atoms with Gasteiger partial charge in [0.1, 0.15) is 0 Å². The first-order valence-corrected chi connectivity index (χ1v) is 5.92. The zero-order chi connectivity index (χ0) is 7.56. The summed E-state index contributed by atoms with van der Waals surface area (Å²) in [7, 11) is 2.21. The lowest BCUT2D eigenvalue weighted by Crippen LogP contribution is -2.22. The van der Waals surface area contributed by atoms with Gasteiger partial charge in [0.05, 0.1) is 5.37 Å². The fraction of sp³-hybridized carbons (Fsp3) is 1.00. The lowest BCUT2D eigenvalue weighted by molar-refractivity contribution is 0.357. The molecule has 0 amide bonds. The zero-order valence-corrected chi connectivity index (χ0v) is 8.47. The van der Waals surface area contributed by atoms with E-state index in [0.717, 1.165) is 10.6 Å². The van der Waals surface area contributed by atoms with Crippen LogP contribution in [-0.4, -0.2) is 41.1 Å². The summed E-state index contributed by atoms with van der Waals surface area (Å²) in [5, 5.41) is 1.60. The van der Waals surface area contributed by atoms with E-state index in [1.165, 1.54) is 12.3 Å². The summed E-state index contributed by atoms with van der Waals surface area (Å²) in [6, 6.07) is 0. The smallest absolute Gasteiger partial charge is 0.0529 e. The van der Waals surface area contributed by atoms with Crippen molar-refractivity contribution in [3.63, 3.8) is 0 Å². The summed E-state index contributed by atoms with van der Waals surface area (Å²) in [6.45, 7) is 3.55. The highest BCUT2D eigenvalue weighted by molar-refractivity contribution is 8.03. The quantitative estimate of drug-likeness (QED) is 0.632. The molecule has 0 saturated carbocycles. The van der Waals surface area contributed by atoms with Crippen LogP contribution in [0.4, 0.5) is 0 Å². The maximum atomic E-state index is 2.42. The molecular formula is C7H15NS2. The second kappa shape index (κ2) is 3.88. The molecule has 1 heterocycles. The average molecular weight is 177 g/mol. The van der Waals surface area contributed by atoms with Crippen molar-refractivity contribution in [2.75, 3.05) is 25.6 Å². The van der Waals surface area contributed by atoms with Crippen LogP contribution >= 0.6 is 23.5 Å². The highest BCUT2D eigenvalue weighted by Crippen LogP contribution is 2.29. The molecule has 0 aromatic rings. The second-order valence-corrected chi connectivity index (χ2v) is 5.28. The van der Waals surface area contributed by atoms with Crippen molar-refractivity contribution >= 4 is 23.5 Å². The van der Waals surface area contributed by atoms with E-state index in [0.29, 0.717) is 0 Å². The van der Waals surface area contributed by atoms with E-state index in [9.17, 15) is 0 Å². The molecule has 0 N–H and O–H groups in total. The van der Waals surface area contributed by atoms with Gasteiger partial charge in [-0.2, -0.15) is 11.8 Å². The van der Waals surface area contributed by atoms with E-state index in [2.05, 4.69) is 36.9 Å². The van der Waals surface area contributed by atoms with Crippen molar-refractivity contribution in [1.29, 1.82) is 0 Å². The number of hydrogen-bond acceptors (Lipinski definition) is 3. The standard InChI is InChI=1S/C7H15NS2/c1-6-8(2)4-7(10-6)5-9-3/h6-7H,4-5H2,1-3H3. The highest BCUT2D eigenvalue weighted by Gasteiger charge is 2.25. The number of rotatable bonds is 2. The van der Waals surface area contributed by atoms with E-state index in [-0.39, 0.29) is 0 Å². The van der Waals surface area contributed by atoms with E-state index >= 15 is 0 Å². The Bertz CT molecular complexity index is 97.8. The Morgan fingerprint density at radius 3 is 2.80 bits per heavy atom. The van der Waals surface area contributed by atoms with Gasteiger partial charge in [0, 0.05) is 17.5 Å². The number of hydrogen-bond donors (Lipinski definition) is 0. The van der Waals surface area contributed by atoms with Crippen LogP contribution in [0.3, 0.4) is 0 Å². The summed E-state index contributed by atoms with van der Waals surface area (Å²) in [6.07, 6.45) is 2.18. The van der Waals surface area contributed by atoms with Gasteiger partial charge in [-0.15, -0.1) is 11.8 Å². The van der Waals surface area contributed by atoms with Gasteiger partial charge in [-0.3, -0.25) is 4.90 Å². The monoisotopic (exact) mass is 177 g/mol. The number of nitrogens with zero attached hydrogens (tertiary/aromatic N) is 1. The first-order chi connectivity index (χ1) is 4.74. The van der Waals surface area contributed by atoms with Gasteiger partial charge in [0.15, 0.2) is 0 Å². The normalized spacial score (nSPS) is 35.1. The minimum absolute atomic E-state index is 0.733. The van der Waals surface area contributed by atoms with Crippen molar-refractivity contribution in [2.45, 2.75) is 17.5 Å². The molecule has 2 unspecified atom stereocenters. The van der Waals surface area contributed by atoms with Crippen molar-refractivity contribution in [2.24, 2.45) is 0 Å². The molecule has 1 aliphatic rings. The van der Waals surface area contributed by atoms with Crippen LogP contribution in [0.1, 0.15) is 6.92 Å². The van der Waals surface area contributed by atoms with Gasteiger partial charge in [0.25, 0.3) is 0 Å². The Balaban J connectivity index is 2.27. The third-order valence-electron chi connectivity index (χ3n) is 1.85. The molecule has 60 valence electrons. The summed E-state index contributed by atoms with van der Waals surface area (Å²) in [5.41, 5.74) is 0. The zero-order valence-electron chi connectivity index (χ0n) is 6.83. The van der Waals surface area contributed by atoms with Crippen LogP contribution in [0.2, 0.25) is 0 Å². The van der Waals surface area contributed by atoms with E-state index < -0.39 is 0 Å². The van der Waals surface area contributed by atoms with Gasteiger partial charge in [0.2, 0.25) is 0 Å². The largest absolute Gasteiger partial charge is 0.294 e. The van der Waals surface area contributed by atoms with Crippen molar-refractivity contribution in [3.05, 3.63) is 0 Å². The maximum absolute atomic E-state index is 2.42. The second-order valence-electron chi connectivity index (χ2n) is 2.75. The summed E-state index contributed by atoms with van der Waals surface area (Å²) < 4.78 is 0. The fourth-order valence-corrected chi connectivity index (χ4v) is 3.54. The van der Waals surface area contributed by atoms with E-state index in [1.54, 1.807) is 0 Å². The van der Waals surface area contributed by atoms with Crippen LogP contribution < -0.4 is 0 Å². The average Bonchev–Trinajstić information content (AvgIpc) is 2.14. The Labute approximate surface area is 71.9 Å². The first-order valence-electron chi connectivity index (χ1n) is 3.58. The molecule has 1 saturated heterocycles. The van der Waals surface area contributed by atoms with Gasteiger partial charge >= 0.3 is 0 Å². The minimum atomic E-state index is 0.733. The highest BCUT2D eigenvalue weighted by atomic mass is 32.2. The van der Waals surface area contributed by atoms with Crippen molar-refractivity contribution in [1.82, 2.24) is 4.90 Å². The molecule has 3 heteroatoms. The summed E-state index contributed by atoms with van der Waals surface area (Å²) >= 11 is 4.06. The van der Waals surface area contributed by atoms with Crippen LogP contribution in [0.15, 0.2) is 0 Å². The van der Waals surface area contributed by atoms with Gasteiger partial charge in [-0.25, -0.2) is 0 Å². The van der Waals surface area contributed by atoms with Gasteiger partial charge < -0.3 is 0 Å². The lowest BCUT2D eigenvalue weighted by Gasteiger charge is -2.11. The fourth-order valence-electron chi connectivity index (χ4n) is 1.17. The van der Waals surface area contributed by atoms with Crippen LogP contribution in [0, 0.1) is 0 Å². The predicted octanol–water partition coefficient (Wildman–Crippen LogP) is 1.74. The molecule has 1 rings (SSSR count). The number of thioether (sulfide) groups is 2. The molecule has 10 heavy (non-hydrogen) atoms. The third-order valence-corrected chi connectivity index (χ3v) is 4.26.